The lowest BCUT2D eigenvalue weighted by molar-refractivity contribution is -0.137. The maximum Gasteiger partial charge on any atom is 0.416 e. The predicted molar refractivity (Wildman–Crippen MR) is 139 cm³/mol. The first kappa shape index (κ1) is 26.4. The molecule has 10 heteroatoms. The minimum atomic E-state index is -4.47. The van der Waals surface area contributed by atoms with Crippen molar-refractivity contribution in [3.8, 4) is 11.3 Å². The van der Waals surface area contributed by atoms with E-state index in [0.717, 1.165) is 44.2 Å². The van der Waals surface area contributed by atoms with E-state index in [1.807, 2.05) is 4.90 Å². The van der Waals surface area contributed by atoms with Crippen LogP contribution in [0.3, 0.4) is 0 Å². The Morgan fingerprint density at radius 1 is 1.05 bits per heavy atom. The molecular formula is C28H34F3N5O2. The molecule has 2 fully saturated rings. The number of alkyl halides is 3. The molecule has 1 amide bonds. The van der Waals surface area contributed by atoms with Crippen molar-refractivity contribution >= 4 is 22.8 Å². The van der Waals surface area contributed by atoms with Gasteiger partial charge in [-0.15, -0.1) is 0 Å². The van der Waals surface area contributed by atoms with Crippen LogP contribution in [0.15, 0.2) is 28.8 Å². The summed E-state index contributed by atoms with van der Waals surface area (Å²) in [6, 6.07) is 5.07. The molecule has 1 saturated carbocycles. The Kier molecular flexibility index (Phi) is 7.59. The molecule has 1 aliphatic carbocycles. The van der Waals surface area contributed by atoms with Gasteiger partial charge in [0.2, 0.25) is 5.91 Å². The molecule has 5 rings (SSSR count). The van der Waals surface area contributed by atoms with Crippen LogP contribution in [0.4, 0.5) is 19.0 Å². The van der Waals surface area contributed by atoms with Gasteiger partial charge in [0, 0.05) is 44.1 Å². The van der Waals surface area contributed by atoms with Crippen molar-refractivity contribution in [1.29, 1.82) is 0 Å². The van der Waals surface area contributed by atoms with Crippen LogP contribution in [0.25, 0.3) is 22.4 Å². The molecule has 2 aromatic heterocycles. The first-order valence-corrected chi connectivity index (χ1v) is 13.6. The topological polar surface area (TPSA) is 75.4 Å². The second-order valence-corrected chi connectivity index (χ2v) is 10.9. The average molecular weight is 530 g/mol. The van der Waals surface area contributed by atoms with Crippen LogP contribution in [0.2, 0.25) is 0 Å². The number of halogens is 3. The van der Waals surface area contributed by atoms with Crippen LogP contribution in [-0.4, -0.2) is 52.1 Å². The van der Waals surface area contributed by atoms with Gasteiger partial charge < -0.3 is 14.3 Å². The summed E-state index contributed by atoms with van der Waals surface area (Å²) in [6.45, 7) is 6.63. The number of benzene rings is 1. The largest absolute Gasteiger partial charge is 0.416 e. The quantitative estimate of drug-likeness (QED) is 0.396. The molecule has 1 saturated heterocycles. The first-order valence-electron chi connectivity index (χ1n) is 13.6. The zero-order valence-electron chi connectivity index (χ0n) is 21.9. The summed E-state index contributed by atoms with van der Waals surface area (Å²) in [5.74, 6) is 1.87. The Morgan fingerprint density at radius 2 is 1.84 bits per heavy atom. The van der Waals surface area contributed by atoms with Gasteiger partial charge in [-0.25, -0.2) is 4.98 Å². The van der Waals surface area contributed by atoms with Crippen molar-refractivity contribution in [2.24, 2.45) is 11.8 Å². The maximum absolute atomic E-state index is 13.4. The van der Waals surface area contributed by atoms with Gasteiger partial charge in [0.25, 0.3) is 5.71 Å². The third-order valence-electron chi connectivity index (χ3n) is 7.48. The van der Waals surface area contributed by atoms with E-state index in [0.29, 0.717) is 61.1 Å². The van der Waals surface area contributed by atoms with E-state index in [1.165, 1.54) is 12.5 Å². The minimum Gasteiger partial charge on any atom is -0.354 e. The fourth-order valence-corrected chi connectivity index (χ4v) is 5.56. The molecule has 0 atom stereocenters. The van der Waals surface area contributed by atoms with Gasteiger partial charge in [-0.3, -0.25) is 4.79 Å². The Balaban J connectivity index is 1.50. The molecule has 7 nitrogen and oxygen atoms in total. The summed E-state index contributed by atoms with van der Waals surface area (Å²) in [5.41, 5.74) is 0.0923. The molecule has 1 aliphatic heterocycles. The van der Waals surface area contributed by atoms with Crippen LogP contribution in [0.5, 0.6) is 0 Å². The van der Waals surface area contributed by atoms with E-state index in [9.17, 15) is 18.0 Å². The van der Waals surface area contributed by atoms with Crippen molar-refractivity contribution in [3.63, 3.8) is 0 Å². The zero-order chi connectivity index (χ0) is 26.9. The van der Waals surface area contributed by atoms with Crippen LogP contribution in [0.1, 0.15) is 63.8 Å². The van der Waals surface area contributed by atoms with Gasteiger partial charge in [-0.05, 0) is 37.3 Å². The molecule has 0 bridgehead atoms. The number of amides is 1. The third kappa shape index (κ3) is 5.63. The number of nitrogens with zero attached hydrogens (tertiary/aromatic N) is 5. The number of carbonyl (C=O) groups is 1. The van der Waals surface area contributed by atoms with E-state index in [4.69, 9.17) is 9.51 Å². The highest BCUT2D eigenvalue weighted by atomic mass is 19.4. The minimum absolute atomic E-state index is 0.115. The van der Waals surface area contributed by atoms with Gasteiger partial charge in [-0.2, -0.15) is 18.2 Å². The van der Waals surface area contributed by atoms with E-state index < -0.39 is 11.7 Å². The molecule has 204 valence electrons. The number of aromatic nitrogens is 3. The van der Waals surface area contributed by atoms with Crippen molar-refractivity contribution in [1.82, 2.24) is 20.0 Å². The SMILES string of the molecule is CC(C)Cc1nc(N2CCCN(C(=O)C3CCCCC3)CC2)c2c(-c3cccc(C(F)(F)F)c3)noc2n1. The Morgan fingerprint density at radius 3 is 2.58 bits per heavy atom. The maximum atomic E-state index is 13.4. The molecule has 0 spiro atoms. The highest BCUT2D eigenvalue weighted by Crippen LogP contribution is 2.37. The molecule has 3 heterocycles. The smallest absolute Gasteiger partial charge is 0.354 e. The van der Waals surface area contributed by atoms with Gasteiger partial charge in [-0.1, -0.05) is 50.4 Å². The van der Waals surface area contributed by atoms with Crippen LogP contribution in [0, 0.1) is 11.8 Å². The Bertz CT molecular complexity index is 1280. The van der Waals surface area contributed by atoms with E-state index in [2.05, 4.69) is 28.9 Å². The molecule has 0 radical (unpaired) electrons. The van der Waals surface area contributed by atoms with E-state index in [-0.39, 0.29) is 23.2 Å². The van der Waals surface area contributed by atoms with Crippen LogP contribution < -0.4 is 4.90 Å². The standard InChI is InChI=1S/C28H34F3N5O2/c1-18(2)16-22-32-25(35-12-7-13-36(15-14-35)27(37)19-8-4-3-5-9-19)23-24(34-38-26(23)33-22)20-10-6-11-21(17-20)28(29,30)31/h6,10-11,17-19H,3-5,7-9,12-16H2,1-2H3. The lowest BCUT2D eigenvalue weighted by atomic mass is 9.88. The molecule has 2 aliphatic rings. The number of rotatable bonds is 5. The molecular weight excluding hydrogens is 495 g/mol. The third-order valence-corrected chi connectivity index (χ3v) is 7.48. The van der Waals surface area contributed by atoms with Gasteiger partial charge in [0.15, 0.2) is 0 Å². The van der Waals surface area contributed by atoms with Gasteiger partial charge >= 0.3 is 6.18 Å². The monoisotopic (exact) mass is 529 g/mol. The van der Waals surface area contributed by atoms with Crippen LogP contribution in [-0.2, 0) is 17.4 Å². The highest BCUT2D eigenvalue weighted by molar-refractivity contribution is 5.98. The highest BCUT2D eigenvalue weighted by Gasteiger charge is 2.32. The Hall–Kier alpha value is -3.17. The number of carbonyl (C=O) groups excluding carboxylic acids is 1. The van der Waals surface area contributed by atoms with Crippen molar-refractivity contribution in [2.45, 2.75) is 65.0 Å². The van der Waals surface area contributed by atoms with Gasteiger partial charge in [0.1, 0.15) is 22.7 Å². The summed E-state index contributed by atoms with van der Waals surface area (Å²) < 4.78 is 45.9. The summed E-state index contributed by atoms with van der Waals surface area (Å²) in [7, 11) is 0. The second kappa shape index (κ2) is 10.9. The van der Waals surface area contributed by atoms with Crippen LogP contribution >= 0.6 is 0 Å². The summed E-state index contributed by atoms with van der Waals surface area (Å²) in [6.07, 6.45) is 2.28. The van der Waals surface area contributed by atoms with Crippen molar-refractivity contribution in [3.05, 3.63) is 35.7 Å². The fraction of sp³-hybridized carbons (Fsp3) is 0.571. The predicted octanol–water partition coefficient (Wildman–Crippen LogP) is 6.12. The zero-order valence-corrected chi connectivity index (χ0v) is 21.9. The summed E-state index contributed by atoms with van der Waals surface area (Å²) in [5, 5.41) is 4.66. The second-order valence-electron chi connectivity index (χ2n) is 10.9. The fourth-order valence-electron chi connectivity index (χ4n) is 5.56. The number of hydrogen-bond acceptors (Lipinski definition) is 6. The summed E-state index contributed by atoms with van der Waals surface area (Å²) in [4.78, 5) is 26.7. The molecule has 1 aromatic carbocycles. The normalized spacial score (nSPS) is 17.8. The Labute approximate surface area is 220 Å². The van der Waals surface area contributed by atoms with Crippen molar-refractivity contribution < 1.29 is 22.5 Å². The average Bonchev–Trinajstić information content (AvgIpc) is 3.16. The van der Waals surface area contributed by atoms with E-state index >= 15 is 0 Å². The number of hydrogen-bond donors (Lipinski definition) is 0. The number of anilines is 1. The van der Waals surface area contributed by atoms with Crippen molar-refractivity contribution in [2.75, 3.05) is 31.1 Å². The first-order chi connectivity index (χ1) is 18.2. The summed E-state index contributed by atoms with van der Waals surface area (Å²) >= 11 is 0. The molecule has 0 N–H and O–H groups in total. The molecule has 3 aromatic rings. The van der Waals surface area contributed by atoms with Gasteiger partial charge in [0.05, 0.1) is 5.56 Å². The molecule has 38 heavy (non-hydrogen) atoms. The van der Waals surface area contributed by atoms with E-state index in [1.54, 1.807) is 6.07 Å². The lowest BCUT2D eigenvalue weighted by Gasteiger charge is -2.28. The number of fused-ring (bicyclic) bond motifs is 1. The molecule has 0 unspecified atom stereocenters. The lowest BCUT2D eigenvalue weighted by Crippen LogP contribution is -2.39.